The summed E-state index contributed by atoms with van der Waals surface area (Å²) in [6, 6.07) is 5.30. The van der Waals surface area contributed by atoms with Crippen LogP contribution in [-0.2, 0) is 5.75 Å². The Labute approximate surface area is 94.3 Å². The first-order valence-electron chi connectivity index (χ1n) is 5.03. The summed E-state index contributed by atoms with van der Waals surface area (Å²) >= 11 is 4.27. The van der Waals surface area contributed by atoms with Gasteiger partial charge in [0.2, 0.25) is 0 Å². The van der Waals surface area contributed by atoms with E-state index in [9.17, 15) is 4.39 Å². The van der Waals surface area contributed by atoms with E-state index in [0.717, 1.165) is 16.5 Å². The van der Waals surface area contributed by atoms with Crippen LogP contribution in [0.5, 0.6) is 0 Å². The molecule has 0 atom stereocenters. The van der Waals surface area contributed by atoms with Crippen LogP contribution in [0.1, 0.15) is 25.5 Å². The highest BCUT2D eigenvalue weighted by Gasteiger charge is 2.09. The third-order valence-electron chi connectivity index (χ3n) is 2.60. The zero-order valence-electron chi connectivity index (χ0n) is 8.87. The molecular formula is C12H14FNS. The van der Waals surface area contributed by atoms with Gasteiger partial charge in [-0.05, 0) is 37.6 Å². The van der Waals surface area contributed by atoms with E-state index in [2.05, 4.69) is 37.2 Å². The Morgan fingerprint density at radius 2 is 2.13 bits per heavy atom. The smallest absolute Gasteiger partial charge is 0.123 e. The highest BCUT2D eigenvalue weighted by atomic mass is 32.1. The maximum Gasteiger partial charge on any atom is 0.123 e. The molecule has 1 aromatic carbocycles. The summed E-state index contributed by atoms with van der Waals surface area (Å²) in [5.41, 5.74) is 2.16. The molecule has 0 aliphatic carbocycles. The molecule has 1 aromatic heterocycles. The van der Waals surface area contributed by atoms with Crippen LogP contribution in [0, 0.1) is 5.82 Å². The summed E-state index contributed by atoms with van der Waals surface area (Å²) < 4.78 is 15.3. The van der Waals surface area contributed by atoms with Crippen LogP contribution in [0.25, 0.3) is 10.9 Å². The van der Waals surface area contributed by atoms with E-state index in [4.69, 9.17) is 0 Å². The molecule has 0 aliphatic heterocycles. The van der Waals surface area contributed by atoms with E-state index in [1.807, 2.05) is 6.07 Å². The number of hydrogen-bond donors (Lipinski definition) is 1. The van der Waals surface area contributed by atoms with Crippen molar-refractivity contribution in [2.24, 2.45) is 0 Å². The monoisotopic (exact) mass is 223 g/mol. The van der Waals surface area contributed by atoms with Crippen LogP contribution in [0.15, 0.2) is 24.4 Å². The Hall–Kier alpha value is -0.960. The van der Waals surface area contributed by atoms with Crippen molar-refractivity contribution in [3.05, 3.63) is 35.8 Å². The first kappa shape index (κ1) is 10.6. The van der Waals surface area contributed by atoms with Gasteiger partial charge in [-0.3, -0.25) is 0 Å². The average molecular weight is 223 g/mol. The standard InChI is InChI=1S/C12H14FNS/c1-8(2)14-6-9(7-15)11-5-10(13)3-4-12(11)14/h3-6,8,15H,7H2,1-2H3. The van der Waals surface area contributed by atoms with E-state index >= 15 is 0 Å². The molecule has 0 amide bonds. The first-order chi connectivity index (χ1) is 7.13. The Balaban J connectivity index is 2.75. The predicted molar refractivity (Wildman–Crippen MR) is 65.0 cm³/mol. The fraction of sp³-hybridized carbons (Fsp3) is 0.333. The van der Waals surface area contributed by atoms with E-state index in [1.165, 1.54) is 6.07 Å². The van der Waals surface area contributed by atoms with Gasteiger partial charge in [0.15, 0.2) is 0 Å². The lowest BCUT2D eigenvalue weighted by molar-refractivity contribution is 0.618. The van der Waals surface area contributed by atoms with Crippen molar-refractivity contribution in [1.82, 2.24) is 4.57 Å². The van der Waals surface area contributed by atoms with Crippen molar-refractivity contribution in [2.45, 2.75) is 25.6 Å². The molecule has 3 heteroatoms. The van der Waals surface area contributed by atoms with Crippen molar-refractivity contribution in [3.63, 3.8) is 0 Å². The fourth-order valence-corrected chi connectivity index (χ4v) is 2.10. The van der Waals surface area contributed by atoms with Crippen molar-refractivity contribution < 1.29 is 4.39 Å². The Bertz CT molecular complexity index is 488. The minimum atomic E-state index is -0.188. The van der Waals surface area contributed by atoms with Crippen molar-refractivity contribution in [3.8, 4) is 0 Å². The van der Waals surface area contributed by atoms with Gasteiger partial charge in [-0.2, -0.15) is 12.6 Å². The molecule has 0 radical (unpaired) electrons. The lowest BCUT2D eigenvalue weighted by Crippen LogP contribution is -1.97. The quantitative estimate of drug-likeness (QED) is 0.739. The lowest BCUT2D eigenvalue weighted by Gasteiger charge is -2.08. The number of thiol groups is 1. The molecule has 15 heavy (non-hydrogen) atoms. The highest BCUT2D eigenvalue weighted by molar-refractivity contribution is 7.79. The molecule has 1 heterocycles. The zero-order chi connectivity index (χ0) is 11.0. The maximum atomic E-state index is 13.1. The fourth-order valence-electron chi connectivity index (χ4n) is 1.85. The molecule has 1 nitrogen and oxygen atoms in total. The van der Waals surface area contributed by atoms with E-state index in [0.29, 0.717) is 11.8 Å². The molecule has 0 aliphatic rings. The Morgan fingerprint density at radius 1 is 1.40 bits per heavy atom. The second kappa shape index (κ2) is 3.89. The van der Waals surface area contributed by atoms with E-state index in [1.54, 1.807) is 6.07 Å². The zero-order valence-corrected chi connectivity index (χ0v) is 9.76. The molecule has 0 unspecified atom stereocenters. The normalized spacial score (nSPS) is 11.5. The van der Waals surface area contributed by atoms with Crippen LogP contribution in [0.2, 0.25) is 0 Å². The van der Waals surface area contributed by atoms with Crippen LogP contribution in [0.3, 0.4) is 0 Å². The lowest BCUT2D eigenvalue weighted by atomic mass is 10.2. The summed E-state index contributed by atoms with van der Waals surface area (Å²) in [5, 5.41) is 0.971. The van der Waals surface area contributed by atoms with Gasteiger partial charge in [0.05, 0.1) is 0 Å². The van der Waals surface area contributed by atoms with Gasteiger partial charge in [0.25, 0.3) is 0 Å². The number of benzene rings is 1. The van der Waals surface area contributed by atoms with Gasteiger partial charge in [-0.1, -0.05) is 0 Å². The van der Waals surface area contributed by atoms with Gasteiger partial charge in [0, 0.05) is 28.9 Å². The third kappa shape index (κ3) is 1.76. The number of nitrogens with zero attached hydrogens (tertiary/aromatic N) is 1. The Morgan fingerprint density at radius 3 is 2.73 bits per heavy atom. The summed E-state index contributed by atoms with van der Waals surface area (Å²) in [7, 11) is 0. The molecule has 0 bridgehead atoms. The predicted octanol–water partition coefficient (Wildman–Crippen LogP) is 3.79. The number of rotatable bonds is 2. The molecule has 0 saturated heterocycles. The summed E-state index contributed by atoms with van der Waals surface area (Å²) in [5.74, 6) is 0.451. The highest BCUT2D eigenvalue weighted by Crippen LogP contribution is 2.26. The first-order valence-corrected chi connectivity index (χ1v) is 5.66. The van der Waals surface area contributed by atoms with Crippen LogP contribution in [-0.4, -0.2) is 4.57 Å². The molecule has 0 spiro atoms. The average Bonchev–Trinajstić information content (AvgIpc) is 2.55. The van der Waals surface area contributed by atoms with Crippen molar-refractivity contribution >= 4 is 23.5 Å². The van der Waals surface area contributed by atoms with Gasteiger partial charge in [-0.15, -0.1) is 0 Å². The van der Waals surface area contributed by atoms with E-state index in [-0.39, 0.29) is 5.82 Å². The number of fused-ring (bicyclic) bond motifs is 1. The summed E-state index contributed by atoms with van der Waals surface area (Å²) in [6.07, 6.45) is 2.06. The minimum absolute atomic E-state index is 0.188. The van der Waals surface area contributed by atoms with Crippen LogP contribution >= 0.6 is 12.6 Å². The molecule has 0 N–H and O–H groups in total. The van der Waals surface area contributed by atoms with Gasteiger partial charge in [-0.25, -0.2) is 4.39 Å². The second-order valence-electron chi connectivity index (χ2n) is 3.97. The number of halogens is 1. The minimum Gasteiger partial charge on any atom is -0.345 e. The van der Waals surface area contributed by atoms with Gasteiger partial charge in [0.1, 0.15) is 5.82 Å². The third-order valence-corrected chi connectivity index (χ3v) is 2.95. The van der Waals surface area contributed by atoms with Gasteiger partial charge >= 0.3 is 0 Å². The van der Waals surface area contributed by atoms with Crippen molar-refractivity contribution in [2.75, 3.05) is 0 Å². The molecule has 2 aromatic rings. The number of aromatic nitrogens is 1. The van der Waals surface area contributed by atoms with Gasteiger partial charge < -0.3 is 4.57 Å². The maximum absolute atomic E-state index is 13.1. The summed E-state index contributed by atoms with van der Waals surface area (Å²) in [4.78, 5) is 0. The van der Waals surface area contributed by atoms with Crippen LogP contribution in [0.4, 0.5) is 4.39 Å². The number of hydrogen-bond acceptors (Lipinski definition) is 1. The summed E-state index contributed by atoms with van der Waals surface area (Å²) in [6.45, 7) is 4.23. The van der Waals surface area contributed by atoms with Crippen molar-refractivity contribution in [1.29, 1.82) is 0 Å². The molecule has 80 valence electrons. The molecule has 0 fully saturated rings. The molecular weight excluding hydrogens is 209 g/mol. The topological polar surface area (TPSA) is 4.93 Å². The largest absolute Gasteiger partial charge is 0.345 e. The second-order valence-corrected chi connectivity index (χ2v) is 4.29. The SMILES string of the molecule is CC(C)n1cc(CS)c2cc(F)ccc21. The molecule has 0 saturated carbocycles. The van der Waals surface area contributed by atoms with Crippen LogP contribution < -0.4 is 0 Å². The molecule has 2 rings (SSSR count). The van der Waals surface area contributed by atoms with E-state index < -0.39 is 0 Å². The Kier molecular flexibility index (Phi) is 2.74.